The molecule has 5 nitrogen and oxygen atoms in total. The number of urea groups is 1. The molecule has 1 fully saturated rings. The molecule has 0 radical (unpaired) electrons. The summed E-state index contributed by atoms with van der Waals surface area (Å²) in [5, 5.41) is 8.96. The fourth-order valence-corrected chi connectivity index (χ4v) is 3.55. The van der Waals surface area contributed by atoms with E-state index >= 15 is 0 Å². The van der Waals surface area contributed by atoms with Crippen LogP contribution in [0.4, 0.5) is 23.7 Å². The third kappa shape index (κ3) is 6.45. The third-order valence-electron chi connectivity index (χ3n) is 3.85. The minimum atomic E-state index is -4.77. The molecule has 0 spiro atoms. The van der Waals surface area contributed by atoms with Gasteiger partial charge in [0.05, 0.1) is 0 Å². The van der Waals surface area contributed by atoms with Crippen molar-refractivity contribution >= 4 is 11.7 Å². The van der Waals surface area contributed by atoms with Crippen LogP contribution in [0.5, 0.6) is 5.75 Å². The minimum absolute atomic E-state index is 0.0409. The van der Waals surface area contributed by atoms with E-state index in [1.807, 2.05) is 0 Å². The number of hydrogen-bond donors (Lipinski definition) is 3. The van der Waals surface area contributed by atoms with E-state index in [0.717, 1.165) is 18.9 Å². The summed E-state index contributed by atoms with van der Waals surface area (Å²) < 4.78 is 40.6. The van der Waals surface area contributed by atoms with E-state index in [4.69, 9.17) is 0 Å². The van der Waals surface area contributed by atoms with Crippen LogP contribution in [0.2, 0.25) is 0 Å². The first-order valence-electron chi connectivity index (χ1n) is 8.06. The number of nitrogens with one attached hydrogen (secondary N) is 3. The zero-order valence-electron chi connectivity index (χ0n) is 14.8. The van der Waals surface area contributed by atoms with Crippen molar-refractivity contribution in [3.63, 3.8) is 0 Å². The van der Waals surface area contributed by atoms with Crippen LogP contribution in [0.1, 0.15) is 40.5 Å². The highest BCUT2D eigenvalue weighted by molar-refractivity contribution is 5.89. The third-order valence-corrected chi connectivity index (χ3v) is 3.85. The highest BCUT2D eigenvalue weighted by Crippen LogP contribution is 2.29. The molecular formula is C17H24F3N3O2. The second-order valence-electron chi connectivity index (χ2n) is 7.67. The Labute approximate surface area is 145 Å². The molecule has 1 aromatic carbocycles. The zero-order chi connectivity index (χ0) is 18.9. The summed E-state index contributed by atoms with van der Waals surface area (Å²) in [6, 6.07) is 4.69. The second-order valence-corrected chi connectivity index (χ2v) is 7.67. The number of benzene rings is 1. The maximum Gasteiger partial charge on any atom is 0.573 e. The Kier molecular flexibility index (Phi) is 5.22. The smallest absolute Gasteiger partial charge is 0.406 e. The quantitative estimate of drug-likeness (QED) is 0.764. The van der Waals surface area contributed by atoms with Crippen LogP contribution < -0.4 is 20.7 Å². The molecule has 1 saturated heterocycles. The van der Waals surface area contributed by atoms with Crippen molar-refractivity contribution in [2.75, 3.05) is 5.32 Å². The van der Waals surface area contributed by atoms with Gasteiger partial charge in [-0.1, -0.05) is 6.07 Å². The maximum absolute atomic E-state index is 12.3. The first-order valence-corrected chi connectivity index (χ1v) is 8.06. The van der Waals surface area contributed by atoms with Crippen molar-refractivity contribution in [1.82, 2.24) is 10.6 Å². The first-order chi connectivity index (χ1) is 11.3. The maximum atomic E-state index is 12.3. The lowest BCUT2D eigenvalue weighted by atomic mass is 9.80. The molecule has 1 aromatic rings. The van der Waals surface area contributed by atoms with Crippen molar-refractivity contribution in [1.29, 1.82) is 0 Å². The van der Waals surface area contributed by atoms with E-state index in [1.165, 1.54) is 18.2 Å². The lowest BCUT2D eigenvalue weighted by Crippen LogP contribution is -2.62. The fraction of sp³-hybridized carbons (Fsp3) is 0.588. The largest absolute Gasteiger partial charge is 0.573 e. The van der Waals surface area contributed by atoms with Crippen molar-refractivity contribution in [2.24, 2.45) is 0 Å². The van der Waals surface area contributed by atoms with Gasteiger partial charge >= 0.3 is 12.4 Å². The van der Waals surface area contributed by atoms with Crippen LogP contribution in [0.25, 0.3) is 0 Å². The van der Waals surface area contributed by atoms with E-state index in [1.54, 1.807) is 0 Å². The van der Waals surface area contributed by atoms with Gasteiger partial charge in [0.1, 0.15) is 5.75 Å². The Hall–Kier alpha value is -1.96. The van der Waals surface area contributed by atoms with E-state index < -0.39 is 12.4 Å². The molecule has 1 aliphatic rings. The number of anilines is 1. The van der Waals surface area contributed by atoms with Gasteiger partial charge in [-0.05, 0) is 52.7 Å². The average Bonchev–Trinajstić information content (AvgIpc) is 2.32. The predicted octanol–water partition coefficient (Wildman–Crippen LogP) is 4.02. The molecule has 140 valence electrons. The van der Waals surface area contributed by atoms with Crippen LogP contribution in [0.3, 0.4) is 0 Å². The second kappa shape index (κ2) is 6.74. The molecule has 2 amide bonds. The van der Waals surface area contributed by atoms with Crippen LogP contribution in [0, 0.1) is 0 Å². The molecular weight excluding hydrogens is 335 g/mol. The highest BCUT2D eigenvalue weighted by Gasteiger charge is 2.38. The van der Waals surface area contributed by atoms with Gasteiger partial charge in [-0.15, -0.1) is 13.2 Å². The summed E-state index contributed by atoms with van der Waals surface area (Å²) in [6.07, 6.45) is -3.27. The molecule has 8 heteroatoms. The number of carbonyl (C=O) groups excluding carboxylic acids is 1. The molecule has 2 rings (SSSR count). The molecule has 0 unspecified atom stereocenters. The van der Waals surface area contributed by atoms with Crippen molar-refractivity contribution < 1.29 is 22.7 Å². The number of rotatable bonds is 3. The molecule has 25 heavy (non-hydrogen) atoms. The number of ether oxygens (including phenoxy) is 1. The summed E-state index contributed by atoms with van der Waals surface area (Å²) in [5.74, 6) is -0.380. The number of alkyl halides is 3. The molecule has 0 atom stereocenters. The Bertz CT molecular complexity index is 614. The van der Waals surface area contributed by atoms with Gasteiger partial charge in [0.2, 0.25) is 0 Å². The summed E-state index contributed by atoms with van der Waals surface area (Å²) in [7, 11) is 0. The lowest BCUT2D eigenvalue weighted by molar-refractivity contribution is -0.274. The molecule has 1 aliphatic heterocycles. The van der Waals surface area contributed by atoms with E-state index in [9.17, 15) is 18.0 Å². The number of piperidine rings is 1. The van der Waals surface area contributed by atoms with Crippen molar-refractivity contribution in [3.8, 4) is 5.75 Å². The molecule has 3 N–H and O–H groups in total. The lowest BCUT2D eigenvalue weighted by Gasteiger charge is -2.46. The summed E-state index contributed by atoms with van der Waals surface area (Å²) >= 11 is 0. The molecule has 0 aliphatic carbocycles. The van der Waals surface area contributed by atoms with E-state index in [2.05, 4.69) is 48.4 Å². The van der Waals surface area contributed by atoms with E-state index in [-0.39, 0.29) is 28.6 Å². The van der Waals surface area contributed by atoms with Crippen LogP contribution in [-0.2, 0) is 0 Å². The topological polar surface area (TPSA) is 62.4 Å². The van der Waals surface area contributed by atoms with Gasteiger partial charge in [0.15, 0.2) is 0 Å². The van der Waals surface area contributed by atoms with Gasteiger partial charge in [0, 0.05) is 28.9 Å². The van der Waals surface area contributed by atoms with Gasteiger partial charge in [0.25, 0.3) is 0 Å². The van der Waals surface area contributed by atoms with Gasteiger partial charge in [-0.25, -0.2) is 4.79 Å². The number of amides is 2. The van der Waals surface area contributed by atoms with Crippen LogP contribution in [-0.4, -0.2) is 29.5 Å². The Morgan fingerprint density at radius 2 is 1.80 bits per heavy atom. The number of halogens is 3. The zero-order valence-corrected chi connectivity index (χ0v) is 14.8. The fourth-order valence-electron chi connectivity index (χ4n) is 3.55. The monoisotopic (exact) mass is 359 g/mol. The highest BCUT2D eigenvalue weighted by atomic mass is 19.4. The van der Waals surface area contributed by atoms with Gasteiger partial charge in [-0.3, -0.25) is 0 Å². The van der Waals surface area contributed by atoms with Crippen molar-refractivity contribution in [2.45, 2.75) is 64.0 Å². The first kappa shape index (κ1) is 19.4. The molecule has 0 bridgehead atoms. The Morgan fingerprint density at radius 3 is 2.36 bits per heavy atom. The minimum Gasteiger partial charge on any atom is -0.406 e. The average molecular weight is 359 g/mol. The van der Waals surface area contributed by atoms with Crippen molar-refractivity contribution in [3.05, 3.63) is 24.3 Å². The van der Waals surface area contributed by atoms with Crippen LogP contribution >= 0.6 is 0 Å². The summed E-state index contributed by atoms with van der Waals surface area (Å²) in [5.41, 5.74) is -0.0212. The number of hydrogen-bond acceptors (Lipinski definition) is 3. The van der Waals surface area contributed by atoms with Gasteiger partial charge in [-0.2, -0.15) is 0 Å². The normalized spacial score (nSPS) is 20.0. The van der Waals surface area contributed by atoms with E-state index in [0.29, 0.717) is 0 Å². The van der Waals surface area contributed by atoms with Gasteiger partial charge < -0.3 is 20.7 Å². The predicted molar refractivity (Wildman–Crippen MR) is 89.6 cm³/mol. The standard InChI is InChI=1S/C17H24F3N3O2/c1-15(2)9-12(10-16(3,4)23-15)22-14(24)21-11-6-5-7-13(8-11)25-17(18,19)20/h5-8,12,23H,9-10H2,1-4H3,(H2,21,22,24). The molecule has 0 saturated carbocycles. The number of carbonyl (C=O) groups is 1. The molecule has 0 aromatic heterocycles. The molecule has 1 heterocycles. The van der Waals surface area contributed by atoms with Crippen LogP contribution in [0.15, 0.2) is 24.3 Å². The Balaban J connectivity index is 1.97. The SMILES string of the molecule is CC1(C)CC(NC(=O)Nc2cccc(OC(F)(F)F)c2)CC(C)(C)N1. The Morgan fingerprint density at radius 1 is 1.20 bits per heavy atom. The summed E-state index contributed by atoms with van der Waals surface area (Å²) in [6.45, 7) is 8.27. The summed E-state index contributed by atoms with van der Waals surface area (Å²) in [4.78, 5) is 12.2.